The second kappa shape index (κ2) is 6.19. The van der Waals surface area contributed by atoms with Gasteiger partial charge in [-0.05, 0) is 13.0 Å². The van der Waals surface area contributed by atoms with Gasteiger partial charge in [-0.25, -0.2) is 13.1 Å². The van der Waals surface area contributed by atoms with Crippen LogP contribution in [0.4, 0.5) is 0 Å². The first-order chi connectivity index (χ1) is 9.49. The van der Waals surface area contributed by atoms with Crippen molar-refractivity contribution in [3.63, 3.8) is 0 Å². The Kier molecular flexibility index (Phi) is 4.77. The summed E-state index contributed by atoms with van der Waals surface area (Å²) in [6, 6.07) is 7.41. The Balaban J connectivity index is 2.45. The highest BCUT2D eigenvalue weighted by molar-refractivity contribution is 7.90. The van der Waals surface area contributed by atoms with Crippen molar-refractivity contribution in [2.45, 2.75) is 24.5 Å². The number of fused-ring (bicyclic) bond motifs is 1. The van der Waals surface area contributed by atoms with Crippen LogP contribution in [0.25, 0.3) is 10.1 Å². The Morgan fingerprint density at radius 3 is 2.75 bits per heavy atom. The third kappa shape index (κ3) is 3.02. The molecule has 0 saturated heterocycles. The maximum atomic E-state index is 12.5. The van der Waals surface area contributed by atoms with E-state index in [4.69, 9.17) is 10.5 Å². The largest absolute Gasteiger partial charge is 0.380 e. The summed E-state index contributed by atoms with van der Waals surface area (Å²) in [4.78, 5) is 0.965. The lowest BCUT2D eigenvalue weighted by Crippen LogP contribution is -2.32. The third-order valence-corrected chi connectivity index (χ3v) is 5.91. The molecule has 3 N–H and O–H groups in total. The molecule has 5 nitrogen and oxygen atoms in total. The zero-order valence-electron chi connectivity index (χ0n) is 11.4. The topological polar surface area (TPSA) is 81.4 Å². The van der Waals surface area contributed by atoms with E-state index in [2.05, 4.69) is 4.72 Å². The minimum Gasteiger partial charge on any atom is -0.380 e. The molecule has 1 heterocycles. The quantitative estimate of drug-likeness (QED) is 0.850. The number of rotatable bonds is 6. The molecule has 2 aromatic rings. The summed E-state index contributed by atoms with van der Waals surface area (Å²) in [6.07, 6.45) is -0.184. The minimum absolute atomic E-state index is 0.184. The van der Waals surface area contributed by atoms with Crippen LogP contribution in [-0.2, 0) is 21.3 Å². The summed E-state index contributed by atoms with van der Waals surface area (Å²) in [6.45, 7) is 2.24. The number of nitrogens with two attached hydrogens (primary N) is 1. The Morgan fingerprint density at radius 1 is 1.40 bits per heavy atom. The van der Waals surface area contributed by atoms with E-state index in [9.17, 15) is 8.42 Å². The van der Waals surface area contributed by atoms with Crippen molar-refractivity contribution in [2.24, 2.45) is 5.73 Å². The first kappa shape index (κ1) is 15.4. The highest BCUT2D eigenvalue weighted by atomic mass is 32.2. The number of hydrogen-bond acceptors (Lipinski definition) is 5. The molecular formula is C13H18N2O3S2. The molecule has 0 aliphatic heterocycles. The van der Waals surface area contributed by atoms with E-state index in [-0.39, 0.29) is 19.2 Å². The van der Waals surface area contributed by atoms with Crippen LogP contribution in [0.15, 0.2) is 29.2 Å². The SMILES string of the molecule is COC(C)CNS(=O)(=O)c1c(CN)sc2ccccc12. The average Bonchev–Trinajstić information content (AvgIpc) is 2.84. The highest BCUT2D eigenvalue weighted by Gasteiger charge is 2.24. The number of sulfonamides is 1. The Labute approximate surface area is 122 Å². The molecular weight excluding hydrogens is 296 g/mol. The Bertz CT molecular complexity index is 695. The van der Waals surface area contributed by atoms with Gasteiger partial charge >= 0.3 is 0 Å². The summed E-state index contributed by atoms with van der Waals surface area (Å²) >= 11 is 1.42. The lowest BCUT2D eigenvalue weighted by Gasteiger charge is -2.12. The van der Waals surface area contributed by atoms with E-state index in [1.807, 2.05) is 18.2 Å². The minimum atomic E-state index is -3.59. The summed E-state index contributed by atoms with van der Waals surface area (Å²) in [5.74, 6) is 0. The van der Waals surface area contributed by atoms with Crippen molar-refractivity contribution in [1.29, 1.82) is 0 Å². The summed E-state index contributed by atoms with van der Waals surface area (Å²) in [7, 11) is -2.05. The van der Waals surface area contributed by atoms with Gasteiger partial charge in [0.2, 0.25) is 10.0 Å². The van der Waals surface area contributed by atoms with Crippen LogP contribution >= 0.6 is 11.3 Å². The highest BCUT2D eigenvalue weighted by Crippen LogP contribution is 2.34. The molecule has 0 radical (unpaired) electrons. The molecule has 1 unspecified atom stereocenters. The van der Waals surface area contributed by atoms with Crippen molar-refractivity contribution in [2.75, 3.05) is 13.7 Å². The normalized spacial score (nSPS) is 13.8. The van der Waals surface area contributed by atoms with E-state index < -0.39 is 10.0 Å². The molecule has 2 rings (SSSR count). The summed E-state index contributed by atoms with van der Waals surface area (Å²) in [5.41, 5.74) is 5.69. The van der Waals surface area contributed by atoms with Gasteiger partial charge in [0.1, 0.15) is 4.90 Å². The molecule has 0 aliphatic carbocycles. The second-order valence-corrected chi connectivity index (χ2v) is 7.29. The first-order valence-corrected chi connectivity index (χ1v) is 8.52. The molecule has 0 saturated carbocycles. The van der Waals surface area contributed by atoms with Crippen molar-refractivity contribution < 1.29 is 13.2 Å². The average molecular weight is 314 g/mol. The van der Waals surface area contributed by atoms with E-state index >= 15 is 0 Å². The van der Waals surface area contributed by atoms with Gasteiger partial charge in [0.05, 0.1) is 6.10 Å². The van der Waals surface area contributed by atoms with Crippen molar-refractivity contribution in [3.8, 4) is 0 Å². The van der Waals surface area contributed by atoms with Crippen LogP contribution in [0.3, 0.4) is 0 Å². The van der Waals surface area contributed by atoms with Gasteiger partial charge in [-0.15, -0.1) is 11.3 Å². The van der Waals surface area contributed by atoms with E-state index in [1.54, 1.807) is 20.1 Å². The number of ether oxygens (including phenoxy) is 1. The zero-order chi connectivity index (χ0) is 14.8. The monoisotopic (exact) mass is 314 g/mol. The van der Waals surface area contributed by atoms with Crippen LogP contribution in [0.5, 0.6) is 0 Å². The van der Waals surface area contributed by atoms with Gasteiger partial charge < -0.3 is 10.5 Å². The molecule has 0 aliphatic rings. The predicted molar refractivity (Wildman–Crippen MR) is 81.4 cm³/mol. The molecule has 0 fully saturated rings. The van der Waals surface area contributed by atoms with Gasteiger partial charge in [0, 0.05) is 35.2 Å². The Hall–Kier alpha value is -0.990. The van der Waals surface area contributed by atoms with Crippen LogP contribution in [-0.4, -0.2) is 28.2 Å². The number of methoxy groups -OCH3 is 1. The number of nitrogens with one attached hydrogen (secondary N) is 1. The van der Waals surface area contributed by atoms with Crippen molar-refractivity contribution >= 4 is 31.4 Å². The molecule has 110 valence electrons. The fraction of sp³-hybridized carbons (Fsp3) is 0.385. The van der Waals surface area contributed by atoms with E-state index in [0.29, 0.717) is 9.77 Å². The number of hydrogen-bond donors (Lipinski definition) is 2. The molecule has 1 aromatic heterocycles. The molecule has 7 heteroatoms. The molecule has 0 bridgehead atoms. The van der Waals surface area contributed by atoms with E-state index in [0.717, 1.165) is 10.1 Å². The smallest absolute Gasteiger partial charge is 0.242 e. The summed E-state index contributed by atoms with van der Waals surface area (Å²) in [5, 5.41) is 0.718. The maximum absolute atomic E-state index is 12.5. The Morgan fingerprint density at radius 2 is 2.10 bits per heavy atom. The van der Waals surface area contributed by atoms with Gasteiger partial charge in [-0.1, -0.05) is 18.2 Å². The van der Waals surface area contributed by atoms with Crippen LogP contribution in [0.2, 0.25) is 0 Å². The van der Waals surface area contributed by atoms with E-state index in [1.165, 1.54) is 11.3 Å². The van der Waals surface area contributed by atoms with Crippen LogP contribution in [0, 0.1) is 0 Å². The molecule has 20 heavy (non-hydrogen) atoms. The zero-order valence-corrected chi connectivity index (χ0v) is 13.1. The maximum Gasteiger partial charge on any atom is 0.242 e. The van der Waals surface area contributed by atoms with Gasteiger partial charge in [-0.2, -0.15) is 0 Å². The van der Waals surface area contributed by atoms with Crippen molar-refractivity contribution in [3.05, 3.63) is 29.1 Å². The van der Waals surface area contributed by atoms with Gasteiger partial charge in [-0.3, -0.25) is 0 Å². The standard InChI is InChI=1S/C13H18N2O3S2/c1-9(18-2)8-15-20(16,17)13-10-5-3-4-6-11(10)19-12(13)7-14/h3-6,9,15H,7-8,14H2,1-2H3. The summed E-state index contributed by atoms with van der Waals surface area (Å²) < 4.78 is 33.5. The van der Waals surface area contributed by atoms with Crippen LogP contribution in [0.1, 0.15) is 11.8 Å². The second-order valence-electron chi connectivity index (χ2n) is 4.45. The molecule has 1 aromatic carbocycles. The molecule has 0 amide bonds. The van der Waals surface area contributed by atoms with Gasteiger partial charge in [0.25, 0.3) is 0 Å². The van der Waals surface area contributed by atoms with Crippen molar-refractivity contribution in [1.82, 2.24) is 4.72 Å². The van der Waals surface area contributed by atoms with Gasteiger partial charge in [0.15, 0.2) is 0 Å². The molecule has 1 atom stereocenters. The predicted octanol–water partition coefficient (Wildman–Crippen LogP) is 1.67. The molecule has 0 spiro atoms. The fourth-order valence-electron chi connectivity index (χ4n) is 1.88. The number of benzene rings is 1. The lowest BCUT2D eigenvalue weighted by molar-refractivity contribution is 0.122. The fourth-order valence-corrected chi connectivity index (χ4v) is 4.83. The first-order valence-electron chi connectivity index (χ1n) is 6.22. The third-order valence-electron chi connectivity index (χ3n) is 3.04. The number of thiophene rings is 1. The van der Waals surface area contributed by atoms with Crippen LogP contribution < -0.4 is 10.5 Å². The lowest BCUT2D eigenvalue weighted by atomic mass is 10.2.